The number of carbonyl (C=O) groups excluding carboxylic acids is 2. The summed E-state index contributed by atoms with van der Waals surface area (Å²) in [5, 5.41) is 0. The highest BCUT2D eigenvalue weighted by Crippen LogP contribution is 2.20. The molecule has 0 aliphatic carbocycles. The lowest BCUT2D eigenvalue weighted by Crippen LogP contribution is -2.56. The molecule has 0 bridgehead atoms. The summed E-state index contributed by atoms with van der Waals surface area (Å²) < 4.78 is 39.1. The van der Waals surface area contributed by atoms with Crippen LogP contribution in [0.1, 0.15) is 0 Å². The first-order valence-electron chi connectivity index (χ1n) is 11.4. The van der Waals surface area contributed by atoms with E-state index < -0.39 is 40.0 Å². The number of ether oxygens (including phenoxy) is 6. The Balaban J connectivity index is 5.16. The van der Waals surface area contributed by atoms with E-state index in [0.29, 0.717) is 26.4 Å². The summed E-state index contributed by atoms with van der Waals surface area (Å²) in [6, 6.07) is 0. The Kier molecular flexibility index (Phi) is 17.4. The molecule has 0 saturated heterocycles. The standard InChI is InChI=1S/C24H42O9Si2/c1-9-13-27-17-21(18-28-14-10-2)31-23(25)34(5,6)33-35(7,8)24(26)32-22(19-29-15-11-3)20-30-16-12-4/h9-12,21-22H,1-4,13-20H2,5-8H3. The molecule has 200 valence electrons. The van der Waals surface area contributed by atoms with Crippen molar-refractivity contribution >= 4 is 27.8 Å². The Morgan fingerprint density at radius 3 is 1.09 bits per heavy atom. The van der Waals surface area contributed by atoms with Crippen molar-refractivity contribution in [2.75, 3.05) is 52.9 Å². The average Bonchev–Trinajstić information content (AvgIpc) is 2.78. The fourth-order valence-electron chi connectivity index (χ4n) is 2.67. The minimum Gasteiger partial charge on any atom is -0.460 e. The summed E-state index contributed by atoms with van der Waals surface area (Å²) >= 11 is 0. The second kappa shape index (κ2) is 18.4. The molecule has 0 amide bonds. The quantitative estimate of drug-likeness (QED) is 0.115. The lowest BCUT2D eigenvalue weighted by Gasteiger charge is -2.32. The van der Waals surface area contributed by atoms with E-state index in [1.165, 1.54) is 0 Å². The van der Waals surface area contributed by atoms with Crippen molar-refractivity contribution in [2.45, 2.75) is 38.4 Å². The normalized spacial score (nSPS) is 11.8. The van der Waals surface area contributed by atoms with Crippen LogP contribution in [0.3, 0.4) is 0 Å². The number of carbonyl (C=O) groups is 2. The molecule has 0 heterocycles. The van der Waals surface area contributed by atoms with Gasteiger partial charge in [0.1, 0.15) is 12.2 Å². The lowest BCUT2D eigenvalue weighted by atomic mass is 10.4. The summed E-state index contributed by atoms with van der Waals surface area (Å²) in [6.07, 6.45) is 5.13. The maximum absolute atomic E-state index is 13.0. The van der Waals surface area contributed by atoms with Crippen molar-refractivity contribution in [1.29, 1.82) is 0 Å². The predicted octanol–water partition coefficient (Wildman–Crippen LogP) is 4.40. The van der Waals surface area contributed by atoms with Crippen LogP contribution in [0, 0.1) is 0 Å². The maximum Gasteiger partial charge on any atom is 0.303 e. The van der Waals surface area contributed by atoms with Crippen LogP contribution in [-0.4, -0.2) is 92.9 Å². The molecule has 0 aromatic heterocycles. The first-order valence-corrected chi connectivity index (χ1v) is 17.2. The summed E-state index contributed by atoms with van der Waals surface area (Å²) in [5.41, 5.74) is -1.03. The fraction of sp³-hybridized carbons (Fsp3) is 0.583. The first-order chi connectivity index (χ1) is 16.5. The Morgan fingerprint density at radius 2 is 0.857 bits per heavy atom. The van der Waals surface area contributed by atoms with Crippen LogP contribution in [0.5, 0.6) is 0 Å². The maximum atomic E-state index is 13.0. The second-order valence-corrected chi connectivity index (χ2v) is 16.2. The third kappa shape index (κ3) is 15.0. The van der Waals surface area contributed by atoms with Crippen molar-refractivity contribution < 1.29 is 42.1 Å². The van der Waals surface area contributed by atoms with Crippen LogP contribution in [0.4, 0.5) is 9.59 Å². The monoisotopic (exact) mass is 530 g/mol. The molecule has 0 unspecified atom stereocenters. The van der Waals surface area contributed by atoms with Crippen LogP contribution >= 0.6 is 0 Å². The topological polar surface area (TPSA) is 98.8 Å². The molecular weight excluding hydrogens is 488 g/mol. The zero-order chi connectivity index (χ0) is 26.7. The van der Waals surface area contributed by atoms with E-state index in [9.17, 15) is 9.59 Å². The molecule has 0 aliphatic rings. The van der Waals surface area contributed by atoms with Crippen molar-refractivity contribution in [2.24, 2.45) is 0 Å². The molecule has 0 N–H and O–H groups in total. The number of hydrogen-bond donors (Lipinski definition) is 0. The number of hydrogen-bond acceptors (Lipinski definition) is 9. The Morgan fingerprint density at radius 1 is 0.600 bits per heavy atom. The van der Waals surface area contributed by atoms with Crippen molar-refractivity contribution in [1.82, 2.24) is 0 Å². The van der Waals surface area contributed by atoms with Gasteiger partial charge >= 0.3 is 27.8 Å². The molecule has 0 rings (SSSR count). The molecule has 0 saturated carbocycles. The predicted molar refractivity (Wildman–Crippen MR) is 141 cm³/mol. The highest BCUT2D eigenvalue weighted by molar-refractivity contribution is 7.09. The average molecular weight is 531 g/mol. The third-order valence-electron chi connectivity index (χ3n) is 4.20. The fourth-order valence-corrected chi connectivity index (χ4v) is 9.34. The largest absolute Gasteiger partial charge is 0.460 e. The van der Waals surface area contributed by atoms with E-state index in [1.807, 2.05) is 0 Å². The van der Waals surface area contributed by atoms with Crippen LogP contribution in [0.25, 0.3) is 0 Å². The van der Waals surface area contributed by atoms with Crippen molar-refractivity contribution in [3.05, 3.63) is 50.6 Å². The van der Waals surface area contributed by atoms with Gasteiger partial charge in [-0.15, -0.1) is 26.3 Å². The van der Waals surface area contributed by atoms with Crippen molar-refractivity contribution in [3.8, 4) is 0 Å². The second-order valence-electron chi connectivity index (χ2n) is 8.48. The molecule has 11 heteroatoms. The molecular formula is C24H42O9Si2. The molecule has 35 heavy (non-hydrogen) atoms. The van der Waals surface area contributed by atoms with Gasteiger partial charge in [0.15, 0.2) is 0 Å². The van der Waals surface area contributed by atoms with Crippen molar-refractivity contribution in [3.63, 3.8) is 0 Å². The van der Waals surface area contributed by atoms with E-state index in [1.54, 1.807) is 50.5 Å². The molecule has 0 fully saturated rings. The van der Waals surface area contributed by atoms with Gasteiger partial charge in [-0.2, -0.15) is 0 Å². The Hall–Kier alpha value is -1.87. The van der Waals surface area contributed by atoms with E-state index in [4.69, 9.17) is 32.5 Å². The molecule has 0 spiro atoms. The SMILES string of the molecule is C=CCOCC(COCC=C)OC(=O)[Si](C)(C)O[Si](C)(C)C(=O)OC(COCC=C)COCC=C. The molecule has 9 nitrogen and oxygen atoms in total. The summed E-state index contributed by atoms with van der Waals surface area (Å²) in [5.74, 6) is 0. The van der Waals surface area contributed by atoms with E-state index in [0.717, 1.165) is 0 Å². The van der Waals surface area contributed by atoms with Crippen LogP contribution in [-0.2, 0) is 32.5 Å². The van der Waals surface area contributed by atoms with Crippen LogP contribution in [0.15, 0.2) is 50.6 Å². The number of rotatable bonds is 22. The molecule has 0 aromatic rings. The first kappa shape index (κ1) is 33.1. The van der Waals surface area contributed by atoms with Gasteiger partial charge in [-0.25, -0.2) is 0 Å². The third-order valence-corrected chi connectivity index (χ3v) is 10.5. The molecule has 0 aromatic carbocycles. The molecule has 0 radical (unpaired) electrons. The highest BCUT2D eigenvalue weighted by Gasteiger charge is 2.47. The van der Waals surface area contributed by atoms with E-state index in [2.05, 4.69) is 26.3 Å². The minimum atomic E-state index is -3.12. The Bertz CT molecular complexity index is 596. The Labute approximate surface area is 212 Å². The van der Waals surface area contributed by atoms with Gasteiger partial charge < -0.3 is 32.5 Å². The van der Waals surface area contributed by atoms with Crippen LogP contribution < -0.4 is 0 Å². The van der Waals surface area contributed by atoms with Gasteiger partial charge in [0, 0.05) is 0 Å². The smallest absolute Gasteiger partial charge is 0.303 e. The van der Waals surface area contributed by atoms with Gasteiger partial charge in [-0.1, -0.05) is 24.3 Å². The lowest BCUT2D eigenvalue weighted by molar-refractivity contribution is -0.0126. The molecule has 0 aliphatic heterocycles. The van der Waals surface area contributed by atoms with Crippen LogP contribution in [0.2, 0.25) is 26.2 Å². The van der Waals surface area contributed by atoms with Gasteiger partial charge in [0.2, 0.25) is 0 Å². The summed E-state index contributed by atoms with van der Waals surface area (Å²) in [6.45, 7) is 22.9. The van der Waals surface area contributed by atoms with Gasteiger partial charge in [0.25, 0.3) is 0 Å². The van der Waals surface area contributed by atoms with Gasteiger partial charge in [-0.05, 0) is 26.2 Å². The van der Waals surface area contributed by atoms with E-state index >= 15 is 0 Å². The zero-order valence-corrected chi connectivity index (χ0v) is 23.6. The highest BCUT2D eigenvalue weighted by atomic mass is 28.4. The van der Waals surface area contributed by atoms with Gasteiger partial charge in [-0.3, -0.25) is 9.59 Å². The van der Waals surface area contributed by atoms with Gasteiger partial charge in [0.05, 0.1) is 52.9 Å². The minimum absolute atomic E-state index is 0.138. The summed E-state index contributed by atoms with van der Waals surface area (Å²) in [4.78, 5) is 26.0. The van der Waals surface area contributed by atoms with E-state index in [-0.39, 0.29) is 26.4 Å². The summed E-state index contributed by atoms with van der Waals surface area (Å²) in [7, 11) is -6.23. The molecule has 0 atom stereocenters. The zero-order valence-electron chi connectivity index (χ0n) is 21.6.